The third-order valence-corrected chi connectivity index (χ3v) is 0.977. The molecule has 4 heteroatoms. The second kappa shape index (κ2) is 1.92. The zero-order chi connectivity index (χ0) is 5.98. The average Bonchev–Trinajstić information content (AvgIpc) is 1.77. The second-order valence-electron chi connectivity index (χ2n) is 1.23. The molecule has 0 bridgehead atoms. The molecule has 1 heterocycles. The molecule has 3 nitrogen and oxygen atoms in total. The summed E-state index contributed by atoms with van der Waals surface area (Å²) in [6, 6.07) is 3.14. The molecular weight excluding hydrogens is 124 g/mol. The predicted octanol–water partition coefficient (Wildman–Crippen LogP) is 0.271. The fraction of sp³-hybridized carbons (Fsp3) is 0. The topological polar surface area (TPSA) is 39.8 Å². The van der Waals surface area contributed by atoms with Gasteiger partial charge in [0.2, 0.25) is 0 Å². The Hall–Kier alpha value is -0.900. The molecule has 1 aromatic rings. The molecule has 0 unspecified atom stereocenters. The summed E-state index contributed by atoms with van der Waals surface area (Å²) in [7, 11) is 0. The fourth-order valence-corrected chi connectivity index (χ4v) is 0.471. The van der Waals surface area contributed by atoms with Crippen LogP contribution in [0.15, 0.2) is 23.4 Å². The van der Waals surface area contributed by atoms with Gasteiger partial charge in [0.05, 0.1) is 6.20 Å². The van der Waals surface area contributed by atoms with Crippen molar-refractivity contribution in [3.63, 3.8) is 0 Å². The van der Waals surface area contributed by atoms with Crippen molar-refractivity contribution in [2.24, 2.45) is 0 Å². The molecule has 0 saturated heterocycles. The lowest BCUT2D eigenvalue weighted by Crippen LogP contribution is -2.31. The van der Waals surface area contributed by atoms with Crippen LogP contribution in [-0.2, 0) is 0 Å². The maximum Gasteiger partial charge on any atom is 0.309 e. The highest BCUT2D eigenvalue weighted by molar-refractivity contribution is 7.80. The van der Waals surface area contributed by atoms with E-state index in [9.17, 15) is 5.21 Å². The van der Waals surface area contributed by atoms with Gasteiger partial charge in [-0.1, -0.05) is 0 Å². The van der Waals surface area contributed by atoms with Gasteiger partial charge in [0.15, 0.2) is 0 Å². The third kappa shape index (κ3) is 0.840. The third-order valence-electron chi connectivity index (χ3n) is 0.685. The minimum absolute atomic E-state index is 0.201. The number of hydrogen-bond acceptors (Lipinski definition) is 2. The van der Waals surface area contributed by atoms with E-state index in [1.807, 2.05) is 0 Å². The highest BCUT2D eigenvalue weighted by Crippen LogP contribution is 1.91. The van der Waals surface area contributed by atoms with Crippen molar-refractivity contribution in [2.45, 2.75) is 5.03 Å². The van der Waals surface area contributed by atoms with E-state index in [4.69, 9.17) is 0 Å². The smallest absolute Gasteiger partial charge is 0.309 e. The van der Waals surface area contributed by atoms with Crippen LogP contribution in [0.3, 0.4) is 0 Å². The van der Waals surface area contributed by atoms with Crippen molar-refractivity contribution < 1.29 is 4.85 Å². The first-order valence-corrected chi connectivity index (χ1v) is 2.43. The van der Waals surface area contributed by atoms with E-state index in [0.29, 0.717) is 4.85 Å². The SMILES string of the molecule is [O-][n+]1ncccc1[S]. The highest BCUT2D eigenvalue weighted by atomic mass is 32.1. The zero-order valence-electron chi connectivity index (χ0n) is 3.94. The lowest BCUT2D eigenvalue weighted by atomic mass is 10.6. The first-order valence-electron chi connectivity index (χ1n) is 2.02. The Morgan fingerprint density at radius 2 is 2.50 bits per heavy atom. The number of hydrogen-bond donors (Lipinski definition) is 0. The molecule has 0 aliphatic rings. The quantitative estimate of drug-likeness (QED) is 0.370. The first-order chi connectivity index (χ1) is 3.80. The van der Waals surface area contributed by atoms with Gasteiger partial charge in [0.25, 0.3) is 0 Å². The lowest BCUT2D eigenvalue weighted by molar-refractivity contribution is -0.706. The van der Waals surface area contributed by atoms with Gasteiger partial charge in [-0.15, -0.1) is 0 Å². The van der Waals surface area contributed by atoms with Crippen LogP contribution < -0.4 is 4.85 Å². The summed E-state index contributed by atoms with van der Waals surface area (Å²) in [5.41, 5.74) is 0. The second-order valence-corrected chi connectivity index (χ2v) is 1.65. The molecule has 0 aliphatic carbocycles. The van der Waals surface area contributed by atoms with Crippen molar-refractivity contribution in [3.05, 3.63) is 23.5 Å². The van der Waals surface area contributed by atoms with Gasteiger partial charge < -0.3 is 5.21 Å². The van der Waals surface area contributed by atoms with Crippen LogP contribution in [-0.4, -0.2) is 5.10 Å². The Morgan fingerprint density at radius 3 is 2.88 bits per heavy atom. The number of aromatic nitrogens is 2. The standard InChI is InChI=1S/C4H3N2OS/c7-6-4(8)2-1-3-5-6/h1-3H. The Balaban J connectivity index is 3.13. The Morgan fingerprint density at radius 1 is 1.75 bits per heavy atom. The minimum Gasteiger partial charge on any atom is -0.593 e. The Labute approximate surface area is 52.0 Å². The summed E-state index contributed by atoms with van der Waals surface area (Å²) in [6.07, 6.45) is 1.39. The molecule has 0 fully saturated rings. The van der Waals surface area contributed by atoms with Crippen LogP contribution >= 0.6 is 12.6 Å². The van der Waals surface area contributed by atoms with E-state index >= 15 is 0 Å². The van der Waals surface area contributed by atoms with Gasteiger partial charge >= 0.3 is 5.03 Å². The highest BCUT2D eigenvalue weighted by Gasteiger charge is 1.95. The molecule has 1 rings (SSSR count). The van der Waals surface area contributed by atoms with E-state index in [1.54, 1.807) is 6.07 Å². The zero-order valence-corrected chi connectivity index (χ0v) is 4.76. The predicted molar refractivity (Wildman–Crippen MR) is 29.1 cm³/mol. The van der Waals surface area contributed by atoms with Gasteiger partial charge in [-0.3, -0.25) is 0 Å². The molecule has 8 heavy (non-hydrogen) atoms. The molecule has 0 atom stereocenters. The van der Waals surface area contributed by atoms with E-state index in [-0.39, 0.29) is 5.03 Å². The molecule has 0 amide bonds. The summed E-state index contributed by atoms with van der Waals surface area (Å²) in [5, 5.41) is 13.9. The van der Waals surface area contributed by atoms with Gasteiger partial charge in [0.1, 0.15) is 0 Å². The summed E-state index contributed by atoms with van der Waals surface area (Å²) >= 11 is 4.54. The fourth-order valence-electron chi connectivity index (χ4n) is 0.345. The van der Waals surface area contributed by atoms with Crippen molar-refractivity contribution in [2.75, 3.05) is 0 Å². The Kier molecular flexibility index (Phi) is 1.26. The summed E-state index contributed by atoms with van der Waals surface area (Å²) in [4.78, 5) is 0.398. The summed E-state index contributed by atoms with van der Waals surface area (Å²) in [6.45, 7) is 0. The molecule has 0 spiro atoms. The van der Waals surface area contributed by atoms with Gasteiger partial charge in [-0.2, -0.15) is 0 Å². The van der Waals surface area contributed by atoms with E-state index in [1.165, 1.54) is 12.3 Å². The van der Waals surface area contributed by atoms with Crippen molar-refractivity contribution >= 4 is 12.6 Å². The number of rotatable bonds is 0. The normalized spacial score (nSPS) is 9.00. The molecule has 0 aliphatic heterocycles. The van der Waals surface area contributed by atoms with Crippen molar-refractivity contribution in [1.82, 2.24) is 5.10 Å². The monoisotopic (exact) mass is 127 g/mol. The van der Waals surface area contributed by atoms with Gasteiger partial charge in [-0.25, -0.2) is 0 Å². The van der Waals surface area contributed by atoms with Crippen LogP contribution in [0.4, 0.5) is 0 Å². The molecular formula is C4H3N2OS. The molecule has 41 valence electrons. The molecule has 0 aromatic carbocycles. The largest absolute Gasteiger partial charge is 0.593 e. The van der Waals surface area contributed by atoms with Crippen LogP contribution in [0.2, 0.25) is 0 Å². The molecule has 1 radical (unpaired) electrons. The van der Waals surface area contributed by atoms with Crippen LogP contribution in [0.25, 0.3) is 0 Å². The van der Waals surface area contributed by atoms with Crippen LogP contribution in [0, 0.1) is 5.21 Å². The Bertz CT molecular complexity index is 170. The van der Waals surface area contributed by atoms with Crippen molar-refractivity contribution in [1.29, 1.82) is 0 Å². The maximum atomic E-state index is 10.3. The van der Waals surface area contributed by atoms with Crippen LogP contribution in [0.1, 0.15) is 0 Å². The van der Waals surface area contributed by atoms with Crippen LogP contribution in [0.5, 0.6) is 0 Å². The summed E-state index contributed by atoms with van der Waals surface area (Å²) < 4.78 is 0. The van der Waals surface area contributed by atoms with E-state index in [2.05, 4.69) is 17.7 Å². The maximum absolute atomic E-state index is 10.3. The van der Waals surface area contributed by atoms with Gasteiger partial charge in [-0.05, 0) is 23.5 Å². The first kappa shape index (κ1) is 5.24. The molecule has 0 N–H and O–H groups in total. The number of nitrogens with zero attached hydrogens (tertiary/aromatic N) is 2. The van der Waals surface area contributed by atoms with Gasteiger partial charge in [0, 0.05) is 11.2 Å². The molecule has 0 saturated carbocycles. The lowest BCUT2D eigenvalue weighted by Gasteiger charge is -1.89. The van der Waals surface area contributed by atoms with E-state index in [0.717, 1.165) is 0 Å². The molecule has 1 aromatic heterocycles. The average molecular weight is 127 g/mol. The summed E-state index contributed by atoms with van der Waals surface area (Å²) in [5.74, 6) is 0. The van der Waals surface area contributed by atoms with Crippen molar-refractivity contribution in [3.8, 4) is 0 Å². The minimum atomic E-state index is 0.201. The van der Waals surface area contributed by atoms with E-state index < -0.39 is 0 Å².